The van der Waals surface area contributed by atoms with Crippen molar-refractivity contribution in [3.8, 4) is 0 Å². The van der Waals surface area contributed by atoms with Crippen molar-refractivity contribution in [1.82, 2.24) is 0 Å². The van der Waals surface area contributed by atoms with Gasteiger partial charge in [0.2, 0.25) is 0 Å². The molecule has 0 fully saturated rings. The van der Waals surface area contributed by atoms with Crippen molar-refractivity contribution in [3.63, 3.8) is 0 Å². The first kappa shape index (κ1) is 16.7. The van der Waals surface area contributed by atoms with Gasteiger partial charge in [0.25, 0.3) is 0 Å². The summed E-state index contributed by atoms with van der Waals surface area (Å²) >= 11 is 3.28. The molecule has 0 aliphatic rings. The molecule has 0 aliphatic heterocycles. The van der Waals surface area contributed by atoms with Crippen LogP contribution in [0.3, 0.4) is 0 Å². The molecule has 0 bridgehead atoms. The number of methoxy groups -OCH3 is 1. The number of rotatable bonds is 3. The van der Waals surface area contributed by atoms with Gasteiger partial charge in [-0.15, -0.1) is 0 Å². The Bertz CT molecular complexity index is 744. The van der Waals surface area contributed by atoms with Crippen LogP contribution in [0.2, 0.25) is 0 Å². The largest absolute Gasteiger partial charge is 0.465 e. The SMILES string of the molecule is COC(=O)c1cccc(NC(=O)C(=O)Nc2ccc(Br)cc2)c1. The molecule has 2 aromatic carbocycles. The lowest BCUT2D eigenvalue weighted by molar-refractivity contribution is -0.132. The second-order valence-electron chi connectivity index (χ2n) is 4.49. The average Bonchev–Trinajstić information content (AvgIpc) is 2.56. The van der Waals surface area contributed by atoms with Gasteiger partial charge in [-0.2, -0.15) is 0 Å². The molecule has 0 unspecified atom stereocenters. The van der Waals surface area contributed by atoms with Crippen molar-refractivity contribution >= 4 is 45.1 Å². The molecule has 23 heavy (non-hydrogen) atoms. The molecule has 7 heteroatoms. The van der Waals surface area contributed by atoms with Crippen molar-refractivity contribution < 1.29 is 19.1 Å². The van der Waals surface area contributed by atoms with Crippen molar-refractivity contribution in [1.29, 1.82) is 0 Å². The molecule has 0 radical (unpaired) electrons. The number of halogens is 1. The number of carbonyl (C=O) groups excluding carboxylic acids is 3. The van der Waals surface area contributed by atoms with E-state index in [0.29, 0.717) is 11.4 Å². The summed E-state index contributed by atoms with van der Waals surface area (Å²) in [6.07, 6.45) is 0. The molecule has 0 saturated heterocycles. The van der Waals surface area contributed by atoms with Crippen LogP contribution >= 0.6 is 15.9 Å². The molecular weight excluding hydrogens is 364 g/mol. The van der Waals surface area contributed by atoms with Gasteiger partial charge < -0.3 is 15.4 Å². The highest BCUT2D eigenvalue weighted by molar-refractivity contribution is 9.10. The molecule has 0 aliphatic carbocycles. The summed E-state index contributed by atoms with van der Waals surface area (Å²) in [6, 6.07) is 12.9. The van der Waals surface area contributed by atoms with E-state index < -0.39 is 17.8 Å². The number of amides is 2. The van der Waals surface area contributed by atoms with Gasteiger partial charge in [0.05, 0.1) is 12.7 Å². The van der Waals surface area contributed by atoms with Gasteiger partial charge in [-0.25, -0.2) is 4.79 Å². The number of carbonyl (C=O) groups is 3. The van der Waals surface area contributed by atoms with Crippen LogP contribution in [0.25, 0.3) is 0 Å². The van der Waals surface area contributed by atoms with E-state index in [0.717, 1.165) is 4.47 Å². The van der Waals surface area contributed by atoms with Crippen LogP contribution in [0.4, 0.5) is 11.4 Å². The van der Waals surface area contributed by atoms with E-state index in [-0.39, 0.29) is 5.56 Å². The van der Waals surface area contributed by atoms with Crippen LogP contribution in [0, 0.1) is 0 Å². The number of esters is 1. The Labute approximate surface area is 141 Å². The van der Waals surface area contributed by atoms with Crippen molar-refractivity contribution in [3.05, 3.63) is 58.6 Å². The van der Waals surface area contributed by atoms with Crippen molar-refractivity contribution in [2.45, 2.75) is 0 Å². The molecule has 2 aromatic rings. The second kappa shape index (κ2) is 7.55. The van der Waals surface area contributed by atoms with Crippen LogP contribution in [0.15, 0.2) is 53.0 Å². The number of benzene rings is 2. The first-order valence-corrected chi connectivity index (χ1v) is 7.35. The van der Waals surface area contributed by atoms with Crippen LogP contribution < -0.4 is 10.6 Å². The third kappa shape index (κ3) is 4.65. The summed E-state index contributed by atoms with van der Waals surface area (Å²) in [5, 5.41) is 4.90. The Kier molecular flexibility index (Phi) is 5.48. The summed E-state index contributed by atoms with van der Waals surface area (Å²) in [4.78, 5) is 35.2. The molecule has 2 amide bonds. The van der Waals surface area contributed by atoms with Gasteiger partial charge in [-0.05, 0) is 42.5 Å². The summed E-state index contributed by atoms with van der Waals surface area (Å²) in [5.74, 6) is -2.17. The van der Waals surface area contributed by atoms with Gasteiger partial charge in [-0.3, -0.25) is 9.59 Å². The van der Waals surface area contributed by atoms with Gasteiger partial charge >= 0.3 is 17.8 Å². The van der Waals surface area contributed by atoms with Crippen molar-refractivity contribution in [2.75, 3.05) is 17.7 Å². The second-order valence-corrected chi connectivity index (χ2v) is 5.40. The Hall–Kier alpha value is -2.67. The molecule has 0 saturated carbocycles. The zero-order valence-corrected chi connectivity index (χ0v) is 13.7. The summed E-state index contributed by atoms with van der Waals surface area (Å²) in [5.41, 5.74) is 1.10. The van der Waals surface area contributed by atoms with Gasteiger partial charge in [0.1, 0.15) is 0 Å². The third-order valence-corrected chi connectivity index (χ3v) is 3.38. The number of hydrogen-bond acceptors (Lipinski definition) is 4. The molecule has 0 heterocycles. The normalized spacial score (nSPS) is 9.83. The minimum Gasteiger partial charge on any atom is -0.465 e. The fraction of sp³-hybridized carbons (Fsp3) is 0.0625. The van der Waals surface area contributed by atoms with Gasteiger partial charge in [0, 0.05) is 15.8 Å². The topological polar surface area (TPSA) is 84.5 Å². The molecule has 2 rings (SSSR count). The maximum absolute atomic E-state index is 11.9. The minimum absolute atomic E-state index is 0.276. The van der Waals surface area contributed by atoms with Gasteiger partial charge in [0.15, 0.2) is 0 Å². The van der Waals surface area contributed by atoms with Crippen LogP contribution in [0.5, 0.6) is 0 Å². The summed E-state index contributed by atoms with van der Waals surface area (Å²) in [7, 11) is 1.26. The molecule has 6 nitrogen and oxygen atoms in total. The zero-order chi connectivity index (χ0) is 16.8. The number of anilines is 2. The Balaban J connectivity index is 2.02. The fourth-order valence-electron chi connectivity index (χ4n) is 1.75. The quantitative estimate of drug-likeness (QED) is 0.637. The molecule has 2 N–H and O–H groups in total. The predicted molar refractivity (Wildman–Crippen MR) is 89.2 cm³/mol. The lowest BCUT2D eigenvalue weighted by atomic mass is 10.2. The monoisotopic (exact) mass is 376 g/mol. The van der Waals surface area contributed by atoms with Crippen molar-refractivity contribution in [2.24, 2.45) is 0 Å². The van der Waals surface area contributed by atoms with E-state index in [1.165, 1.54) is 13.2 Å². The highest BCUT2D eigenvalue weighted by Crippen LogP contribution is 2.15. The van der Waals surface area contributed by atoms with E-state index >= 15 is 0 Å². The van der Waals surface area contributed by atoms with Crippen LogP contribution in [-0.4, -0.2) is 24.9 Å². The maximum atomic E-state index is 11.9. The number of nitrogens with one attached hydrogen (secondary N) is 2. The van der Waals surface area contributed by atoms with Crippen LogP contribution in [0.1, 0.15) is 10.4 Å². The number of hydrogen-bond donors (Lipinski definition) is 2. The lowest BCUT2D eigenvalue weighted by Crippen LogP contribution is -2.29. The number of ether oxygens (including phenoxy) is 1. The minimum atomic E-state index is -0.838. The highest BCUT2D eigenvalue weighted by Gasteiger charge is 2.15. The summed E-state index contributed by atoms with van der Waals surface area (Å²) in [6.45, 7) is 0. The Morgan fingerprint density at radius 3 is 2.13 bits per heavy atom. The predicted octanol–water partition coefficient (Wildman–Crippen LogP) is 2.81. The van der Waals surface area contributed by atoms with E-state index in [4.69, 9.17) is 0 Å². The van der Waals surface area contributed by atoms with E-state index in [9.17, 15) is 14.4 Å². The lowest BCUT2D eigenvalue weighted by Gasteiger charge is -2.07. The highest BCUT2D eigenvalue weighted by atomic mass is 79.9. The van der Waals surface area contributed by atoms with E-state index in [1.807, 2.05) is 0 Å². The zero-order valence-electron chi connectivity index (χ0n) is 12.1. The first-order valence-electron chi connectivity index (χ1n) is 6.56. The molecule has 0 spiro atoms. The molecule has 118 valence electrons. The van der Waals surface area contributed by atoms with Crippen LogP contribution in [-0.2, 0) is 14.3 Å². The first-order chi connectivity index (χ1) is 11.0. The Morgan fingerprint density at radius 2 is 1.52 bits per heavy atom. The Morgan fingerprint density at radius 1 is 0.913 bits per heavy atom. The molecular formula is C16H13BrN2O4. The maximum Gasteiger partial charge on any atom is 0.337 e. The fourth-order valence-corrected chi connectivity index (χ4v) is 2.02. The summed E-state index contributed by atoms with van der Waals surface area (Å²) < 4.78 is 5.46. The van der Waals surface area contributed by atoms with Gasteiger partial charge in [-0.1, -0.05) is 22.0 Å². The smallest absolute Gasteiger partial charge is 0.337 e. The average molecular weight is 377 g/mol. The molecule has 0 aromatic heterocycles. The van der Waals surface area contributed by atoms with E-state index in [1.54, 1.807) is 42.5 Å². The standard InChI is InChI=1S/C16H13BrN2O4/c1-23-16(22)10-3-2-4-13(9-10)19-15(21)14(20)18-12-7-5-11(17)6-8-12/h2-9H,1H3,(H,18,20)(H,19,21). The molecule has 0 atom stereocenters. The third-order valence-electron chi connectivity index (χ3n) is 2.85. The van der Waals surface area contributed by atoms with E-state index in [2.05, 4.69) is 31.3 Å².